The Morgan fingerprint density at radius 2 is 1.59 bits per heavy atom. The lowest BCUT2D eigenvalue weighted by molar-refractivity contribution is -0.140. The SMILES string of the molecule is COC(=O)Cc1ccccc1CCc1nc(Nc2ccc(C(=O)N3CCN(C(=O)O)CC3)cc2)ncc1C(F)(F)F. The Morgan fingerprint density at radius 3 is 2.20 bits per heavy atom. The van der Waals surface area contributed by atoms with Gasteiger partial charge in [0.1, 0.15) is 0 Å². The summed E-state index contributed by atoms with van der Waals surface area (Å²) in [4.78, 5) is 46.4. The molecule has 0 unspecified atom stereocenters. The monoisotopic (exact) mass is 571 g/mol. The number of alkyl halides is 3. The highest BCUT2D eigenvalue weighted by Gasteiger charge is 2.35. The molecule has 0 saturated carbocycles. The number of esters is 1. The highest BCUT2D eigenvalue weighted by molar-refractivity contribution is 5.94. The van der Waals surface area contributed by atoms with E-state index in [1.807, 2.05) is 0 Å². The molecule has 1 aliphatic rings. The van der Waals surface area contributed by atoms with E-state index in [1.165, 1.54) is 12.0 Å². The van der Waals surface area contributed by atoms with E-state index in [0.29, 0.717) is 22.4 Å². The molecule has 0 radical (unpaired) electrons. The van der Waals surface area contributed by atoms with Gasteiger partial charge >= 0.3 is 18.2 Å². The molecule has 2 aromatic carbocycles. The van der Waals surface area contributed by atoms with Gasteiger partial charge in [-0.1, -0.05) is 24.3 Å². The molecule has 1 saturated heterocycles. The maximum Gasteiger partial charge on any atom is 0.419 e. The first-order chi connectivity index (χ1) is 19.5. The average molecular weight is 572 g/mol. The number of nitrogens with zero attached hydrogens (tertiary/aromatic N) is 4. The Balaban J connectivity index is 1.46. The van der Waals surface area contributed by atoms with Crippen molar-refractivity contribution in [3.63, 3.8) is 0 Å². The molecule has 1 aliphatic heterocycles. The van der Waals surface area contributed by atoms with Gasteiger partial charge in [-0.25, -0.2) is 14.8 Å². The van der Waals surface area contributed by atoms with Crippen molar-refractivity contribution in [2.45, 2.75) is 25.4 Å². The number of halogens is 3. The van der Waals surface area contributed by atoms with Crippen LogP contribution < -0.4 is 5.32 Å². The molecule has 2 N–H and O–H groups in total. The molecule has 4 rings (SSSR count). The third-order valence-electron chi connectivity index (χ3n) is 6.71. The molecule has 216 valence electrons. The van der Waals surface area contributed by atoms with Gasteiger partial charge in [0.25, 0.3) is 5.91 Å². The molecule has 13 heteroatoms. The molecule has 10 nitrogen and oxygen atoms in total. The summed E-state index contributed by atoms with van der Waals surface area (Å²) in [6, 6.07) is 13.3. The highest BCUT2D eigenvalue weighted by atomic mass is 19.4. The number of hydrogen-bond acceptors (Lipinski definition) is 7. The molecule has 3 aromatic rings. The zero-order valence-electron chi connectivity index (χ0n) is 22.1. The molecule has 0 aliphatic carbocycles. The number of rotatable bonds is 8. The molecule has 0 bridgehead atoms. The number of carboxylic acid groups (broad SMARTS) is 1. The number of nitrogens with one attached hydrogen (secondary N) is 1. The minimum atomic E-state index is -4.66. The minimum Gasteiger partial charge on any atom is -0.469 e. The Morgan fingerprint density at radius 1 is 0.951 bits per heavy atom. The standard InChI is InChI=1S/C28H28F3N5O5/c1-41-24(37)16-20-5-3-2-4-18(20)8-11-23-22(28(29,30)31)17-32-26(34-23)33-21-9-6-19(7-10-21)25(38)35-12-14-36(15-13-35)27(39)40/h2-7,9-10,17H,8,11-16H2,1H3,(H,39,40)(H,32,33,34). The molecular weight excluding hydrogens is 543 g/mol. The summed E-state index contributed by atoms with van der Waals surface area (Å²) in [7, 11) is 1.27. The van der Waals surface area contributed by atoms with Gasteiger partial charge < -0.3 is 25.0 Å². The third-order valence-corrected chi connectivity index (χ3v) is 6.71. The van der Waals surface area contributed by atoms with Crippen LogP contribution in [0.4, 0.5) is 29.6 Å². The van der Waals surface area contributed by atoms with E-state index in [2.05, 4.69) is 15.3 Å². The number of hydrogen-bond donors (Lipinski definition) is 2. The number of benzene rings is 2. The van der Waals surface area contributed by atoms with Crippen molar-refractivity contribution in [2.24, 2.45) is 0 Å². The minimum absolute atomic E-state index is 0.00637. The second-order valence-corrected chi connectivity index (χ2v) is 9.34. The lowest BCUT2D eigenvalue weighted by atomic mass is 9.98. The fourth-order valence-corrected chi connectivity index (χ4v) is 4.47. The quantitative estimate of drug-likeness (QED) is 0.386. The number of amides is 2. The van der Waals surface area contributed by atoms with Crippen LogP contribution in [0.1, 0.15) is 32.7 Å². The zero-order chi connectivity index (χ0) is 29.6. The predicted octanol–water partition coefficient (Wildman–Crippen LogP) is 4.18. The number of carbonyl (C=O) groups excluding carboxylic acids is 2. The number of ether oxygens (including phenoxy) is 1. The molecule has 0 atom stereocenters. The number of methoxy groups -OCH3 is 1. The molecule has 2 amide bonds. The van der Waals surface area contributed by atoms with Crippen LogP contribution >= 0.6 is 0 Å². The van der Waals surface area contributed by atoms with Crippen LogP contribution in [-0.4, -0.2) is 76.1 Å². The molecular formula is C28H28F3N5O5. The Labute approximate surface area is 233 Å². The summed E-state index contributed by atoms with van der Waals surface area (Å²) in [5.41, 5.74) is 1.08. The maximum atomic E-state index is 13.7. The van der Waals surface area contributed by atoms with Gasteiger partial charge in [-0.15, -0.1) is 0 Å². The fraction of sp³-hybridized carbons (Fsp3) is 0.321. The smallest absolute Gasteiger partial charge is 0.419 e. The van der Waals surface area contributed by atoms with Gasteiger partial charge in [-0.05, 0) is 48.2 Å². The van der Waals surface area contributed by atoms with E-state index in [0.717, 1.165) is 6.20 Å². The fourth-order valence-electron chi connectivity index (χ4n) is 4.47. The summed E-state index contributed by atoms with van der Waals surface area (Å²) in [6.45, 7) is 1.01. The van der Waals surface area contributed by atoms with Gasteiger partial charge in [-0.2, -0.15) is 13.2 Å². The first-order valence-electron chi connectivity index (χ1n) is 12.8. The van der Waals surface area contributed by atoms with Crippen LogP contribution in [-0.2, 0) is 35.0 Å². The van der Waals surface area contributed by atoms with Crippen LogP contribution in [0.25, 0.3) is 0 Å². The first-order valence-corrected chi connectivity index (χ1v) is 12.8. The molecule has 1 aromatic heterocycles. The molecule has 1 fully saturated rings. The van der Waals surface area contributed by atoms with Crippen LogP contribution in [0.15, 0.2) is 54.7 Å². The predicted molar refractivity (Wildman–Crippen MR) is 142 cm³/mol. The number of aromatic nitrogens is 2. The van der Waals surface area contributed by atoms with E-state index in [9.17, 15) is 27.6 Å². The van der Waals surface area contributed by atoms with Gasteiger partial charge in [0, 0.05) is 43.6 Å². The summed E-state index contributed by atoms with van der Waals surface area (Å²) >= 11 is 0. The van der Waals surface area contributed by atoms with E-state index < -0.39 is 23.8 Å². The number of carbonyl (C=O) groups is 3. The Kier molecular flexibility index (Phi) is 9.05. The van der Waals surface area contributed by atoms with E-state index in [-0.39, 0.29) is 63.0 Å². The zero-order valence-corrected chi connectivity index (χ0v) is 22.1. The van der Waals surface area contributed by atoms with Crippen molar-refractivity contribution in [1.82, 2.24) is 19.8 Å². The highest BCUT2D eigenvalue weighted by Crippen LogP contribution is 2.32. The van der Waals surface area contributed by atoms with Crippen LogP contribution in [0.3, 0.4) is 0 Å². The summed E-state index contributed by atoms with van der Waals surface area (Å²) in [6.07, 6.45) is -4.77. The van der Waals surface area contributed by atoms with Gasteiger partial charge in [0.15, 0.2) is 0 Å². The number of anilines is 2. The summed E-state index contributed by atoms with van der Waals surface area (Å²) in [5, 5.41) is 12.0. The first kappa shape index (κ1) is 29.3. The van der Waals surface area contributed by atoms with Gasteiger partial charge in [0.2, 0.25) is 5.95 Å². The molecule has 2 heterocycles. The topological polar surface area (TPSA) is 125 Å². The van der Waals surface area contributed by atoms with E-state index >= 15 is 0 Å². The van der Waals surface area contributed by atoms with Crippen molar-refractivity contribution in [3.05, 3.63) is 82.7 Å². The average Bonchev–Trinajstić information content (AvgIpc) is 2.96. The van der Waals surface area contributed by atoms with E-state index in [4.69, 9.17) is 9.84 Å². The Hall–Kier alpha value is -4.68. The van der Waals surface area contributed by atoms with Crippen molar-refractivity contribution in [1.29, 1.82) is 0 Å². The van der Waals surface area contributed by atoms with Gasteiger partial charge in [-0.3, -0.25) is 9.59 Å². The van der Waals surface area contributed by atoms with Crippen molar-refractivity contribution < 1.29 is 37.4 Å². The number of piperazine rings is 1. The van der Waals surface area contributed by atoms with Crippen molar-refractivity contribution >= 4 is 29.6 Å². The van der Waals surface area contributed by atoms with Crippen LogP contribution in [0.5, 0.6) is 0 Å². The third kappa shape index (κ3) is 7.50. The largest absolute Gasteiger partial charge is 0.469 e. The lowest BCUT2D eigenvalue weighted by Gasteiger charge is -2.33. The normalized spacial score (nSPS) is 13.6. The second kappa shape index (κ2) is 12.7. The van der Waals surface area contributed by atoms with Crippen LogP contribution in [0.2, 0.25) is 0 Å². The number of aryl methyl sites for hydroxylation is 2. The van der Waals surface area contributed by atoms with Crippen LogP contribution in [0, 0.1) is 0 Å². The Bertz CT molecular complexity index is 1410. The molecule has 41 heavy (non-hydrogen) atoms. The van der Waals surface area contributed by atoms with Crippen molar-refractivity contribution in [2.75, 3.05) is 38.6 Å². The van der Waals surface area contributed by atoms with E-state index in [1.54, 1.807) is 53.4 Å². The summed E-state index contributed by atoms with van der Waals surface area (Å²) < 4.78 is 45.9. The lowest BCUT2D eigenvalue weighted by Crippen LogP contribution is -2.50. The summed E-state index contributed by atoms with van der Waals surface area (Å²) in [5.74, 6) is -0.739. The molecule has 0 spiro atoms. The van der Waals surface area contributed by atoms with Crippen molar-refractivity contribution in [3.8, 4) is 0 Å². The maximum absolute atomic E-state index is 13.7. The second-order valence-electron chi connectivity index (χ2n) is 9.34. The van der Waals surface area contributed by atoms with Gasteiger partial charge in [0.05, 0.1) is 24.8 Å².